The summed E-state index contributed by atoms with van der Waals surface area (Å²) in [6.45, 7) is 2.32. The fraction of sp³-hybridized carbons (Fsp3) is 0.500. The van der Waals surface area contributed by atoms with Crippen molar-refractivity contribution in [2.75, 3.05) is 13.1 Å². The van der Waals surface area contributed by atoms with Gasteiger partial charge in [0.1, 0.15) is 11.6 Å². The number of imide groups is 1. The van der Waals surface area contributed by atoms with Crippen LogP contribution in [0, 0.1) is 11.3 Å². The summed E-state index contributed by atoms with van der Waals surface area (Å²) < 4.78 is 0. The first-order valence-electron chi connectivity index (χ1n) is 9.58. The van der Waals surface area contributed by atoms with Crippen LogP contribution < -0.4 is 11.1 Å². The first-order valence-corrected chi connectivity index (χ1v) is 9.58. The van der Waals surface area contributed by atoms with E-state index in [1.807, 2.05) is 12.1 Å². The van der Waals surface area contributed by atoms with E-state index in [4.69, 9.17) is 5.73 Å². The molecule has 1 aromatic carbocycles. The monoisotopic (exact) mass is 381 g/mol. The number of likely N-dealkylation sites (tertiary alicyclic amines) is 1. The van der Waals surface area contributed by atoms with E-state index in [1.54, 1.807) is 11.0 Å². The second-order valence-corrected chi connectivity index (χ2v) is 7.93. The second kappa shape index (κ2) is 7.00. The molecule has 0 bridgehead atoms. The highest BCUT2D eigenvalue weighted by Gasteiger charge is 2.40. The molecule has 8 nitrogen and oxygen atoms in total. The average molecular weight is 381 g/mol. The van der Waals surface area contributed by atoms with Crippen LogP contribution in [0.3, 0.4) is 0 Å². The molecule has 2 fully saturated rings. The minimum absolute atomic E-state index is 0.171. The molecular weight excluding hydrogens is 358 g/mol. The Kier molecular flexibility index (Phi) is 4.65. The first-order chi connectivity index (χ1) is 13.4. The number of nitriles is 1. The molecule has 0 saturated carbocycles. The minimum Gasteiger partial charge on any atom is -0.322 e. The van der Waals surface area contributed by atoms with E-state index in [1.165, 1.54) is 0 Å². The Bertz CT molecular complexity index is 892. The average Bonchev–Trinajstić information content (AvgIpc) is 3.00. The van der Waals surface area contributed by atoms with E-state index in [0.29, 0.717) is 38.0 Å². The molecule has 0 aromatic heterocycles. The molecule has 3 N–H and O–H groups in total. The molecule has 3 amide bonds. The van der Waals surface area contributed by atoms with E-state index in [2.05, 4.69) is 16.3 Å². The fourth-order valence-corrected chi connectivity index (χ4v) is 4.44. The van der Waals surface area contributed by atoms with Crippen LogP contribution in [0.25, 0.3) is 0 Å². The van der Waals surface area contributed by atoms with Crippen molar-refractivity contribution in [3.63, 3.8) is 0 Å². The van der Waals surface area contributed by atoms with Crippen molar-refractivity contribution in [3.8, 4) is 6.07 Å². The first kappa shape index (κ1) is 18.6. The summed E-state index contributed by atoms with van der Waals surface area (Å²) in [6, 6.07) is 7.22. The lowest BCUT2D eigenvalue weighted by molar-refractivity contribution is -0.136. The number of amides is 3. The molecule has 1 aromatic rings. The summed E-state index contributed by atoms with van der Waals surface area (Å²) >= 11 is 0. The fourth-order valence-electron chi connectivity index (χ4n) is 4.44. The maximum Gasteiger partial charge on any atom is 0.255 e. The maximum absolute atomic E-state index is 12.9. The highest BCUT2D eigenvalue weighted by Crippen LogP contribution is 2.31. The Morgan fingerprint density at radius 2 is 2.14 bits per heavy atom. The Morgan fingerprint density at radius 1 is 1.32 bits per heavy atom. The molecule has 2 atom stereocenters. The van der Waals surface area contributed by atoms with Crippen molar-refractivity contribution in [1.29, 1.82) is 5.26 Å². The predicted molar refractivity (Wildman–Crippen MR) is 99.5 cm³/mol. The predicted octanol–water partition coefficient (Wildman–Crippen LogP) is 0.264. The van der Waals surface area contributed by atoms with Crippen molar-refractivity contribution in [1.82, 2.24) is 15.1 Å². The zero-order chi connectivity index (χ0) is 19.9. The molecule has 0 radical (unpaired) electrons. The van der Waals surface area contributed by atoms with Crippen molar-refractivity contribution in [3.05, 3.63) is 34.9 Å². The number of hydrogen-bond acceptors (Lipinski definition) is 6. The Balaban J connectivity index is 1.54. The van der Waals surface area contributed by atoms with Gasteiger partial charge < -0.3 is 10.6 Å². The van der Waals surface area contributed by atoms with Crippen LogP contribution in [0.5, 0.6) is 0 Å². The summed E-state index contributed by atoms with van der Waals surface area (Å²) in [6.07, 6.45) is 2.14. The van der Waals surface area contributed by atoms with Crippen LogP contribution in [0.15, 0.2) is 18.2 Å². The smallest absolute Gasteiger partial charge is 0.255 e. The van der Waals surface area contributed by atoms with Gasteiger partial charge in [-0.3, -0.25) is 24.6 Å². The molecule has 8 heteroatoms. The topological polar surface area (TPSA) is 120 Å². The number of fused-ring (bicyclic) bond motifs is 1. The summed E-state index contributed by atoms with van der Waals surface area (Å²) in [5.74, 6) is -0.869. The van der Waals surface area contributed by atoms with E-state index < -0.39 is 17.5 Å². The van der Waals surface area contributed by atoms with Crippen LogP contribution in [-0.4, -0.2) is 52.2 Å². The van der Waals surface area contributed by atoms with Crippen molar-refractivity contribution in [2.24, 2.45) is 5.73 Å². The molecule has 3 aliphatic rings. The summed E-state index contributed by atoms with van der Waals surface area (Å²) in [5.41, 5.74) is 7.86. The lowest BCUT2D eigenvalue weighted by atomic mass is 9.91. The van der Waals surface area contributed by atoms with E-state index in [-0.39, 0.29) is 18.2 Å². The van der Waals surface area contributed by atoms with Crippen LogP contribution in [0.4, 0.5) is 0 Å². The van der Waals surface area contributed by atoms with Gasteiger partial charge in [0.15, 0.2) is 0 Å². The Hall–Kier alpha value is -2.76. The molecule has 3 aliphatic heterocycles. The zero-order valence-electron chi connectivity index (χ0n) is 15.6. The van der Waals surface area contributed by atoms with E-state index in [9.17, 15) is 19.6 Å². The molecule has 0 aliphatic carbocycles. The van der Waals surface area contributed by atoms with Crippen LogP contribution >= 0.6 is 0 Å². The summed E-state index contributed by atoms with van der Waals surface area (Å²) in [4.78, 5) is 40.2. The largest absolute Gasteiger partial charge is 0.322 e. The lowest BCUT2D eigenvalue weighted by Gasteiger charge is -2.36. The van der Waals surface area contributed by atoms with Gasteiger partial charge in [0, 0.05) is 31.6 Å². The molecule has 3 heterocycles. The zero-order valence-corrected chi connectivity index (χ0v) is 15.6. The molecular formula is C20H23N5O3. The number of nitrogens with zero attached hydrogens (tertiary/aromatic N) is 3. The van der Waals surface area contributed by atoms with E-state index >= 15 is 0 Å². The summed E-state index contributed by atoms with van der Waals surface area (Å²) in [5, 5.41) is 11.7. The van der Waals surface area contributed by atoms with Gasteiger partial charge >= 0.3 is 0 Å². The number of hydrogen-bond donors (Lipinski definition) is 2. The van der Waals surface area contributed by atoms with Gasteiger partial charge in [-0.05, 0) is 43.0 Å². The van der Waals surface area contributed by atoms with Crippen LogP contribution in [-0.2, 0) is 22.7 Å². The molecule has 4 rings (SSSR count). The van der Waals surface area contributed by atoms with Crippen LogP contribution in [0.2, 0.25) is 0 Å². The Labute approximate surface area is 163 Å². The minimum atomic E-state index is -0.829. The quantitative estimate of drug-likeness (QED) is 0.725. The number of carbonyl (C=O) groups excluding carboxylic acids is 3. The van der Waals surface area contributed by atoms with Gasteiger partial charge in [0.2, 0.25) is 11.8 Å². The van der Waals surface area contributed by atoms with Gasteiger partial charge in [-0.2, -0.15) is 5.26 Å². The number of carbonyl (C=O) groups is 3. The number of benzene rings is 1. The van der Waals surface area contributed by atoms with Crippen molar-refractivity contribution >= 4 is 17.7 Å². The lowest BCUT2D eigenvalue weighted by Crippen LogP contribution is -2.53. The third kappa shape index (κ3) is 3.28. The Morgan fingerprint density at radius 3 is 2.89 bits per heavy atom. The van der Waals surface area contributed by atoms with Crippen molar-refractivity contribution < 1.29 is 14.4 Å². The number of rotatable bonds is 3. The highest BCUT2D eigenvalue weighted by molar-refractivity contribution is 6.05. The molecule has 0 spiro atoms. The highest BCUT2D eigenvalue weighted by atomic mass is 16.2. The van der Waals surface area contributed by atoms with Gasteiger partial charge in [-0.15, -0.1) is 0 Å². The third-order valence-corrected chi connectivity index (χ3v) is 5.90. The normalized spacial score (nSPS) is 28.1. The molecule has 146 valence electrons. The molecule has 2 saturated heterocycles. The molecule has 2 unspecified atom stereocenters. The van der Waals surface area contributed by atoms with Gasteiger partial charge in [-0.25, -0.2) is 0 Å². The number of nitrogens with two attached hydrogens (primary N) is 1. The van der Waals surface area contributed by atoms with Gasteiger partial charge in [-0.1, -0.05) is 12.1 Å². The van der Waals surface area contributed by atoms with Crippen molar-refractivity contribution in [2.45, 2.75) is 50.4 Å². The number of piperidine rings is 2. The van der Waals surface area contributed by atoms with Gasteiger partial charge in [0.25, 0.3) is 5.91 Å². The molecule has 28 heavy (non-hydrogen) atoms. The number of nitrogens with one attached hydrogen (secondary N) is 1. The maximum atomic E-state index is 12.9. The summed E-state index contributed by atoms with van der Waals surface area (Å²) in [7, 11) is 0. The second-order valence-electron chi connectivity index (χ2n) is 7.93. The SMILES string of the molecule is N#CC1(N)CCCN(Cc2cccc3c2CN(C2CCC(=O)NC2=O)C3=O)C1. The van der Waals surface area contributed by atoms with E-state index in [0.717, 1.165) is 24.1 Å². The van der Waals surface area contributed by atoms with Gasteiger partial charge in [0.05, 0.1) is 6.07 Å². The standard InChI is InChI=1S/C20H23N5O3/c21-11-20(22)7-2-8-24(12-20)9-13-3-1-4-14-15(13)10-25(19(14)28)16-5-6-17(26)23-18(16)27/h1,3-4,16H,2,5-10,12,22H2,(H,23,26,27). The van der Waals surface area contributed by atoms with Crippen LogP contribution in [0.1, 0.15) is 47.2 Å². The third-order valence-electron chi connectivity index (χ3n) is 5.90.